The van der Waals surface area contributed by atoms with Gasteiger partial charge in [0.05, 0.1) is 6.10 Å². The van der Waals surface area contributed by atoms with Crippen molar-refractivity contribution in [2.75, 3.05) is 6.61 Å². The number of rotatable bonds is 14. The van der Waals surface area contributed by atoms with Crippen molar-refractivity contribution in [1.82, 2.24) is 0 Å². The maximum atomic E-state index is 6.21. The Labute approximate surface area is 208 Å². The van der Waals surface area contributed by atoms with Crippen molar-refractivity contribution in [3.8, 4) is 0 Å². The summed E-state index contributed by atoms with van der Waals surface area (Å²) in [5, 5.41) is 0. The van der Waals surface area contributed by atoms with E-state index in [0.717, 1.165) is 42.6 Å². The fraction of sp³-hybridized carbons (Fsp3) is 0.938. The van der Waals surface area contributed by atoms with E-state index in [-0.39, 0.29) is 0 Å². The van der Waals surface area contributed by atoms with Gasteiger partial charge >= 0.3 is 0 Å². The summed E-state index contributed by atoms with van der Waals surface area (Å²) in [6.07, 6.45) is 19.0. The zero-order chi connectivity index (χ0) is 24.6. The van der Waals surface area contributed by atoms with Crippen LogP contribution in [0.3, 0.4) is 0 Å². The Bertz CT molecular complexity index is 587. The minimum absolute atomic E-state index is 0.398. The second-order valence-corrected chi connectivity index (χ2v) is 13.3. The third-order valence-electron chi connectivity index (χ3n) is 9.61. The van der Waals surface area contributed by atoms with E-state index in [4.69, 9.17) is 4.74 Å². The maximum Gasteiger partial charge on any atom is 0.0612 e. The minimum Gasteiger partial charge on any atom is -0.378 e. The van der Waals surface area contributed by atoms with Gasteiger partial charge in [0.1, 0.15) is 0 Å². The van der Waals surface area contributed by atoms with E-state index in [9.17, 15) is 0 Å². The van der Waals surface area contributed by atoms with Crippen molar-refractivity contribution in [2.45, 2.75) is 145 Å². The van der Waals surface area contributed by atoms with Crippen LogP contribution < -0.4 is 0 Å². The van der Waals surface area contributed by atoms with Crippen LogP contribution >= 0.6 is 0 Å². The van der Waals surface area contributed by atoms with Gasteiger partial charge in [-0.15, -0.1) is 0 Å². The highest BCUT2D eigenvalue weighted by atomic mass is 16.5. The average molecular weight is 461 g/mol. The van der Waals surface area contributed by atoms with Crippen LogP contribution in [0, 0.1) is 40.4 Å². The summed E-state index contributed by atoms with van der Waals surface area (Å²) in [6.45, 7) is 23.2. The Kier molecular flexibility index (Phi) is 11.5. The van der Waals surface area contributed by atoms with Crippen molar-refractivity contribution < 1.29 is 4.74 Å². The lowest BCUT2D eigenvalue weighted by molar-refractivity contribution is -0.0260. The standard InChI is InChI=1S/C32H60O/c1-10-14-30(31(7,8)23-25(6)16-13-15-24(4)5)28-18-17-26-22-27(33-21-11-2)19-20-32(26,9)29(28)12-3/h17,24-25,27-30H,10-16,18-23H2,1-9H3/t25?,27-,28?,29?,30?,32?/m0/s1. The van der Waals surface area contributed by atoms with Crippen LogP contribution in [0.2, 0.25) is 0 Å². The molecule has 194 valence electrons. The first-order chi connectivity index (χ1) is 15.6. The molecular formula is C32H60O. The molecule has 1 heteroatoms. The molecule has 0 radical (unpaired) electrons. The van der Waals surface area contributed by atoms with Gasteiger partial charge in [-0.1, -0.05) is 106 Å². The summed E-state index contributed by atoms with van der Waals surface area (Å²) in [5.74, 6) is 4.19. The molecule has 0 N–H and O–H groups in total. The van der Waals surface area contributed by atoms with Crippen molar-refractivity contribution in [2.24, 2.45) is 40.4 Å². The molecule has 2 aliphatic carbocycles. The van der Waals surface area contributed by atoms with Crippen LogP contribution in [0.4, 0.5) is 0 Å². The molecule has 0 aromatic heterocycles. The second kappa shape index (κ2) is 13.1. The zero-order valence-corrected chi connectivity index (χ0v) is 24.1. The first-order valence-corrected chi connectivity index (χ1v) is 14.9. The van der Waals surface area contributed by atoms with E-state index >= 15 is 0 Å². The SMILES string of the molecule is CCCO[C@H]1CCC2(C)C(=CCC(C(CCC)C(C)(C)CC(C)CCCC(C)C)C2CC)C1. The molecule has 1 nitrogen and oxygen atoms in total. The number of ether oxygens (including phenoxy) is 1. The van der Waals surface area contributed by atoms with Crippen LogP contribution in [-0.4, -0.2) is 12.7 Å². The predicted octanol–water partition coefficient (Wildman–Crippen LogP) is 10.2. The molecule has 0 spiro atoms. The van der Waals surface area contributed by atoms with Crippen molar-refractivity contribution in [3.05, 3.63) is 11.6 Å². The first kappa shape index (κ1) is 28.9. The molecule has 1 saturated carbocycles. The van der Waals surface area contributed by atoms with Gasteiger partial charge in [-0.3, -0.25) is 0 Å². The van der Waals surface area contributed by atoms with Gasteiger partial charge < -0.3 is 4.74 Å². The first-order valence-electron chi connectivity index (χ1n) is 14.9. The molecule has 0 saturated heterocycles. The summed E-state index contributed by atoms with van der Waals surface area (Å²) in [7, 11) is 0. The number of hydrogen-bond acceptors (Lipinski definition) is 1. The third kappa shape index (κ3) is 7.59. The lowest BCUT2D eigenvalue weighted by Gasteiger charge is -2.55. The second-order valence-electron chi connectivity index (χ2n) is 13.3. The van der Waals surface area contributed by atoms with E-state index in [2.05, 4.69) is 68.4 Å². The Morgan fingerprint density at radius 3 is 2.39 bits per heavy atom. The molecule has 0 aliphatic heterocycles. The van der Waals surface area contributed by atoms with Gasteiger partial charge in [-0.05, 0) is 85.4 Å². The lowest BCUT2D eigenvalue weighted by Crippen LogP contribution is -2.47. The Morgan fingerprint density at radius 2 is 1.79 bits per heavy atom. The number of hydrogen-bond donors (Lipinski definition) is 0. The van der Waals surface area contributed by atoms with Crippen LogP contribution in [0.15, 0.2) is 11.6 Å². The largest absolute Gasteiger partial charge is 0.378 e. The van der Waals surface area contributed by atoms with Crippen LogP contribution in [-0.2, 0) is 4.74 Å². The quantitative estimate of drug-likeness (QED) is 0.234. The van der Waals surface area contributed by atoms with Gasteiger partial charge in [-0.2, -0.15) is 0 Å². The minimum atomic E-state index is 0.398. The molecule has 6 atom stereocenters. The topological polar surface area (TPSA) is 9.23 Å². The smallest absolute Gasteiger partial charge is 0.0612 e. The lowest BCUT2D eigenvalue weighted by atomic mass is 9.51. The Morgan fingerprint density at radius 1 is 1.06 bits per heavy atom. The van der Waals surface area contributed by atoms with Gasteiger partial charge in [0.15, 0.2) is 0 Å². The highest BCUT2D eigenvalue weighted by molar-refractivity contribution is 5.24. The molecule has 0 amide bonds. The van der Waals surface area contributed by atoms with Gasteiger partial charge in [-0.25, -0.2) is 0 Å². The normalized spacial score (nSPS) is 30.1. The number of allylic oxidation sites excluding steroid dienone is 1. The molecule has 0 aromatic rings. The average Bonchev–Trinajstić information content (AvgIpc) is 2.74. The van der Waals surface area contributed by atoms with E-state index in [1.54, 1.807) is 5.57 Å². The van der Waals surface area contributed by atoms with E-state index in [1.165, 1.54) is 70.6 Å². The molecular weight excluding hydrogens is 400 g/mol. The molecule has 0 bridgehead atoms. The van der Waals surface area contributed by atoms with Gasteiger partial charge in [0, 0.05) is 6.61 Å². The molecule has 0 aromatic carbocycles. The highest BCUT2D eigenvalue weighted by Gasteiger charge is 2.50. The van der Waals surface area contributed by atoms with Gasteiger partial charge in [0.2, 0.25) is 0 Å². The van der Waals surface area contributed by atoms with E-state index in [0.29, 0.717) is 16.9 Å². The molecule has 5 unspecified atom stereocenters. The van der Waals surface area contributed by atoms with Crippen molar-refractivity contribution in [3.63, 3.8) is 0 Å². The zero-order valence-electron chi connectivity index (χ0n) is 24.1. The molecule has 33 heavy (non-hydrogen) atoms. The summed E-state index contributed by atoms with van der Waals surface area (Å²) < 4.78 is 6.21. The Hall–Kier alpha value is -0.300. The van der Waals surface area contributed by atoms with Crippen molar-refractivity contribution in [1.29, 1.82) is 0 Å². The Balaban J connectivity index is 2.17. The fourth-order valence-corrected chi connectivity index (χ4v) is 8.00. The molecule has 1 fully saturated rings. The van der Waals surface area contributed by atoms with E-state index in [1.807, 2.05) is 0 Å². The summed E-state index contributed by atoms with van der Waals surface area (Å²) in [4.78, 5) is 0. The molecule has 2 rings (SSSR count). The fourth-order valence-electron chi connectivity index (χ4n) is 8.00. The molecule has 2 aliphatic rings. The summed E-state index contributed by atoms with van der Waals surface area (Å²) in [6, 6.07) is 0. The highest BCUT2D eigenvalue weighted by Crippen LogP contribution is 2.58. The molecule has 0 heterocycles. The maximum absolute atomic E-state index is 6.21. The predicted molar refractivity (Wildman–Crippen MR) is 147 cm³/mol. The number of fused-ring (bicyclic) bond motifs is 1. The van der Waals surface area contributed by atoms with Crippen LogP contribution in [0.1, 0.15) is 139 Å². The van der Waals surface area contributed by atoms with Crippen LogP contribution in [0.25, 0.3) is 0 Å². The van der Waals surface area contributed by atoms with Gasteiger partial charge in [0.25, 0.3) is 0 Å². The van der Waals surface area contributed by atoms with Crippen LogP contribution in [0.5, 0.6) is 0 Å². The van der Waals surface area contributed by atoms with E-state index < -0.39 is 0 Å². The summed E-state index contributed by atoms with van der Waals surface area (Å²) >= 11 is 0. The summed E-state index contributed by atoms with van der Waals surface area (Å²) in [5.41, 5.74) is 2.57. The monoisotopic (exact) mass is 460 g/mol. The third-order valence-corrected chi connectivity index (χ3v) is 9.61. The van der Waals surface area contributed by atoms with Crippen molar-refractivity contribution >= 4 is 0 Å².